The average Bonchev–Trinajstić information content (AvgIpc) is 2.20. The monoisotopic (exact) mass is 249 g/mol. The molecule has 16 heavy (non-hydrogen) atoms. The molecule has 0 aromatic rings. The Morgan fingerprint density at radius 1 is 0.750 bits per heavy atom. The molecule has 100 valence electrons. The Morgan fingerprint density at radius 3 is 1.50 bits per heavy atom. The largest absolute Gasteiger partial charge is 0.328 e. The van der Waals surface area contributed by atoms with Crippen LogP contribution in [0.15, 0.2) is 0 Å². The molecule has 0 saturated heterocycles. The molecule has 0 saturated carbocycles. The van der Waals surface area contributed by atoms with Crippen LogP contribution in [0.5, 0.6) is 0 Å². The van der Waals surface area contributed by atoms with Crippen molar-refractivity contribution in [2.24, 2.45) is 5.73 Å². The second kappa shape index (κ2) is 15.2. The number of rotatable bonds is 11. The molecular formula is C14H32ClN. The maximum absolute atomic E-state index is 5.70. The summed E-state index contributed by atoms with van der Waals surface area (Å²) in [6.07, 6.45) is 15.3. The standard InChI is InChI=1S/C14H31N.ClH/c1-3-4-5-6-7-8-9-10-11-12-13-14(2)15;/h14H,3-13,15H2,1-2H3;1H. The second-order valence-electron chi connectivity index (χ2n) is 4.95. The normalized spacial score (nSPS) is 12.2. The van der Waals surface area contributed by atoms with Crippen molar-refractivity contribution < 1.29 is 0 Å². The zero-order valence-corrected chi connectivity index (χ0v) is 12.2. The molecule has 0 rings (SSSR count). The summed E-state index contributed by atoms with van der Waals surface area (Å²) in [5.74, 6) is 0. The molecule has 2 N–H and O–H groups in total. The van der Waals surface area contributed by atoms with Crippen molar-refractivity contribution in [2.45, 2.75) is 90.5 Å². The quantitative estimate of drug-likeness (QED) is 0.509. The second-order valence-corrected chi connectivity index (χ2v) is 4.95. The highest BCUT2D eigenvalue weighted by Crippen LogP contribution is 2.11. The van der Waals surface area contributed by atoms with Crippen LogP contribution in [0.1, 0.15) is 84.5 Å². The highest BCUT2D eigenvalue weighted by molar-refractivity contribution is 5.85. The van der Waals surface area contributed by atoms with Gasteiger partial charge in [-0.05, 0) is 13.3 Å². The number of nitrogens with two attached hydrogens (primary N) is 1. The number of halogens is 1. The minimum absolute atomic E-state index is 0. The van der Waals surface area contributed by atoms with Crippen LogP contribution in [0, 0.1) is 0 Å². The summed E-state index contributed by atoms with van der Waals surface area (Å²) in [6.45, 7) is 4.38. The average molecular weight is 250 g/mol. The van der Waals surface area contributed by atoms with E-state index < -0.39 is 0 Å². The summed E-state index contributed by atoms with van der Waals surface area (Å²) in [6, 6.07) is 0.402. The van der Waals surface area contributed by atoms with Crippen LogP contribution in [-0.2, 0) is 0 Å². The van der Waals surface area contributed by atoms with E-state index >= 15 is 0 Å². The molecular weight excluding hydrogens is 218 g/mol. The van der Waals surface area contributed by atoms with Gasteiger partial charge in [0.15, 0.2) is 0 Å². The van der Waals surface area contributed by atoms with Gasteiger partial charge in [-0.25, -0.2) is 0 Å². The van der Waals surface area contributed by atoms with Crippen LogP contribution in [0.25, 0.3) is 0 Å². The topological polar surface area (TPSA) is 26.0 Å². The molecule has 0 spiro atoms. The molecule has 0 amide bonds. The first-order valence-corrected chi connectivity index (χ1v) is 7.03. The summed E-state index contributed by atoms with van der Waals surface area (Å²) in [4.78, 5) is 0. The van der Waals surface area contributed by atoms with Gasteiger partial charge < -0.3 is 5.73 Å². The summed E-state index contributed by atoms with van der Waals surface area (Å²) < 4.78 is 0. The third kappa shape index (κ3) is 16.7. The molecule has 2 heteroatoms. The fourth-order valence-corrected chi connectivity index (χ4v) is 1.95. The summed E-state index contributed by atoms with van der Waals surface area (Å²) in [5.41, 5.74) is 5.70. The van der Waals surface area contributed by atoms with Crippen molar-refractivity contribution in [3.63, 3.8) is 0 Å². The van der Waals surface area contributed by atoms with Gasteiger partial charge in [0.25, 0.3) is 0 Å². The number of hydrogen-bond acceptors (Lipinski definition) is 1. The van der Waals surface area contributed by atoms with Crippen LogP contribution in [0.3, 0.4) is 0 Å². The highest BCUT2D eigenvalue weighted by Gasteiger charge is 1.95. The molecule has 0 aromatic carbocycles. The van der Waals surface area contributed by atoms with Crippen molar-refractivity contribution in [3.8, 4) is 0 Å². The molecule has 0 fully saturated rings. The maximum atomic E-state index is 5.70. The lowest BCUT2D eigenvalue weighted by Crippen LogP contribution is -2.13. The van der Waals surface area contributed by atoms with E-state index in [0.717, 1.165) is 0 Å². The first-order valence-electron chi connectivity index (χ1n) is 7.03. The van der Waals surface area contributed by atoms with E-state index in [1.54, 1.807) is 0 Å². The van der Waals surface area contributed by atoms with E-state index in [0.29, 0.717) is 6.04 Å². The molecule has 1 nitrogen and oxygen atoms in total. The Labute approximate surface area is 109 Å². The van der Waals surface area contributed by atoms with E-state index in [2.05, 4.69) is 13.8 Å². The SMILES string of the molecule is CCCCCCCCCCCCC(C)N.Cl. The Bertz CT molecular complexity index is 115. The summed E-state index contributed by atoms with van der Waals surface area (Å²) in [5, 5.41) is 0. The lowest BCUT2D eigenvalue weighted by Gasteiger charge is -2.04. The minimum atomic E-state index is 0. The molecule has 0 aliphatic heterocycles. The molecule has 0 aromatic heterocycles. The fourth-order valence-electron chi connectivity index (χ4n) is 1.95. The van der Waals surface area contributed by atoms with Crippen molar-refractivity contribution in [3.05, 3.63) is 0 Å². The molecule has 1 unspecified atom stereocenters. The lowest BCUT2D eigenvalue weighted by molar-refractivity contribution is 0.533. The molecule has 1 atom stereocenters. The van der Waals surface area contributed by atoms with Gasteiger partial charge in [0.1, 0.15) is 0 Å². The van der Waals surface area contributed by atoms with Crippen molar-refractivity contribution in [1.82, 2.24) is 0 Å². The molecule has 0 aliphatic carbocycles. The fraction of sp³-hybridized carbons (Fsp3) is 1.00. The molecule has 0 heterocycles. The third-order valence-corrected chi connectivity index (χ3v) is 3.01. The van der Waals surface area contributed by atoms with Gasteiger partial charge >= 0.3 is 0 Å². The van der Waals surface area contributed by atoms with Crippen LogP contribution in [0.2, 0.25) is 0 Å². The van der Waals surface area contributed by atoms with Crippen LogP contribution in [-0.4, -0.2) is 6.04 Å². The van der Waals surface area contributed by atoms with E-state index in [-0.39, 0.29) is 12.4 Å². The molecule has 0 bridgehead atoms. The van der Waals surface area contributed by atoms with Gasteiger partial charge in [0.2, 0.25) is 0 Å². The van der Waals surface area contributed by atoms with Crippen molar-refractivity contribution >= 4 is 12.4 Å². The van der Waals surface area contributed by atoms with Gasteiger partial charge in [0, 0.05) is 6.04 Å². The Morgan fingerprint density at radius 2 is 1.12 bits per heavy atom. The van der Waals surface area contributed by atoms with Gasteiger partial charge in [0.05, 0.1) is 0 Å². The summed E-state index contributed by atoms with van der Waals surface area (Å²) in [7, 11) is 0. The van der Waals surface area contributed by atoms with E-state index in [9.17, 15) is 0 Å². The summed E-state index contributed by atoms with van der Waals surface area (Å²) >= 11 is 0. The number of hydrogen-bond donors (Lipinski definition) is 1. The maximum Gasteiger partial charge on any atom is 0.00104 e. The van der Waals surface area contributed by atoms with E-state index in [4.69, 9.17) is 5.73 Å². The van der Waals surface area contributed by atoms with Crippen LogP contribution in [0.4, 0.5) is 0 Å². The van der Waals surface area contributed by atoms with Gasteiger partial charge in [-0.2, -0.15) is 0 Å². The van der Waals surface area contributed by atoms with Crippen molar-refractivity contribution in [2.75, 3.05) is 0 Å². The smallest absolute Gasteiger partial charge is 0.00104 e. The number of unbranched alkanes of at least 4 members (excludes halogenated alkanes) is 9. The highest BCUT2D eigenvalue weighted by atomic mass is 35.5. The van der Waals surface area contributed by atoms with Gasteiger partial charge in [-0.3, -0.25) is 0 Å². The Balaban J connectivity index is 0. The third-order valence-electron chi connectivity index (χ3n) is 3.01. The molecule has 0 radical (unpaired) electrons. The Hall–Kier alpha value is 0.250. The molecule has 0 aliphatic rings. The van der Waals surface area contributed by atoms with Crippen LogP contribution >= 0.6 is 12.4 Å². The van der Waals surface area contributed by atoms with Gasteiger partial charge in [-0.15, -0.1) is 12.4 Å². The lowest BCUT2D eigenvalue weighted by atomic mass is 10.0. The predicted molar refractivity (Wildman–Crippen MR) is 77.4 cm³/mol. The van der Waals surface area contributed by atoms with E-state index in [1.165, 1.54) is 70.6 Å². The Kier molecular flexibility index (Phi) is 17.7. The first kappa shape index (κ1) is 18.6. The first-order chi connectivity index (χ1) is 7.27. The zero-order chi connectivity index (χ0) is 11.4. The predicted octanol–water partition coefficient (Wildman–Crippen LogP) is 5.07. The van der Waals surface area contributed by atoms with Crippen molar-refractivity contribution in [1.29, 1.82) is 0 Å². The van der Waals surface area contributed by atoms with Crippen LogP contribution < -0.4 is 5.73 Å². The van der Waals surface area contributed by atoms with E-state index in [1.807, 2.05) is 0 Å². The van der Waals surface area contributed by atoms with Gasteiger partial charge in [-0.1, -0.05) is 71.1 Å². The zero-order valence-electron chi connectivity index (χ0n) is 11.3. The minimum Gasteiger partial charge on any atom is -0.328 e.